The Balaban J connectivity index is 1.60. The van der Waals surface area contributed by atoms with Crippen LogP contribution in [0.4, 0.5) is 8.78 Å². The molecule has 0 bridgehead atoms. The molecule has 4 fully saturated rings. The quantitative estimate of drug-likeness (QED) is 0.411. The third-order valence-electron chi connectivity index (χ3n) is 10.8. The number of alkyl halides is 2. The fourth-order valence-electron chi connectivity index (χ4n) is 8.76. The fourth-order valence-corrected chi connectivity index (χ4v) is 9.28. The van der Waals surface area contributed by atoms with E-state index >= 15 is 8.78 Å². The molecule has 5 aliphatic rings. The van der Waals surface area contributed by atoms with E-state index in [4.69, 9.17) is 9.47 Å². The highest BCUT2D eigenvalue weighted by atomic mass is 32.1. The summed E-state index contributed by atoms with van der Waals surface area (Å²) in [6.07, 6.45) is 1.97. The van der Waals surface area contributed by atoms with Crippen molar-refractivity contribution in [1.29, 1.82) is 0 Å². The molecule has 5 rings (SSSR count). The van der Waals surface area contributed by atoms with Crippen molar-refractivity contribution < 1.29 is 37.7 Å². The van der Waals surface area contributed by atoms with Gasteiger partial charge in [0.05, 0.1) is 6.10 Å². The number of allylic oxidation sites excluding steroid dienone is 4. The minimum atomic E-state index is -2.28. The van der Waals surface area contributed by atoms with Gasteiger partial charge in [-0.1, -0.05) is 26.8 Å². The minimum Gasteiger partial charge on any atom is -0.447 e. The zero-order valence-corrected chi connectivity index (χ0v) is 22.7. The number of halogens is 2. The van der Waals surface area contributed by atoms with Gasteiger partial charge in [0.15, 0.2) is 22.7 Å². The molecule has 4 aliphatic carbocycles. The Kier molecular flexibility index (Phi) is 6.17. The van der Waals surface area contributed by atoms with Gasteiger partial charge in [-0.15, -0.1) is 12.6 Å². The van der Waals surface area contributed by atoms with Crippen molar-refractivity contribution in [3.63, 3.8) is 0 Å². The monoisotopic (exact) mass is 538 g/mol. The standard InChI is InChI=1S/C28H36F2O6S/c1-5-26(8-6-10-35-26)22(33)36-28(23(34)37)15(2)11-17-18-13-20(29)19-12-16(31)7-9-24(19,3)27(18,30)21(32)14-25(17,28)4/h7,9,12,15,17-18,20-21,32H,5-6,8,10-11,13-14H2,1-4H3,(H,34,37)/t15-,17+,18+,20+,21+,24+,25+,26?,27+,28+/m1/s1. The first-order valence-electron chi connectivity index (χ1n) is 13.3. The van der Waals surface area contributed by atoms with Crippen LogP contribution in [0.5, 0.6) is 0 Å². The van der Waals surface area contributed by atoms with Gasteiger partial charge in [-0.2, -0.15) is 0 Å². The molecule has 1 saturated heterocycles. The zero-order chi connectivity index (χ0) is 27.2. The molecule has 6 nitrogen and oxygen atoms in total. The Hall–Kier alpha value is -1.58. The van der Waals surface area contributed by atoms with Gasteiger partial charge in [-0.05, 0) is 69.1 Å². The molecule has 0 amide bonds. The average Bonchev–Trinajstić information content (AvgIpc) is 3.41. The smallest absolute Gasteiger partial charge is 0.339 e. The number of ether oxygens (including phenoxy) is 2. The maximum atomic E-state index is 17.4. The van der Waals surface area contributed by atoms with Crippen LogP contribution < -0.4 is 0 Å². The molecule has 1 heterocycles. The first kappa shape index (κ1) is 27.0. The van der Waals surface area contributed by atoms with E-state index in [1.54, 1.807) is 13.8 Å². The second kappa shape index (κ2) is 8.46. The Labute approximate surface area is 221 Å². The van der Waals surface area contributed by atoms with E-state index in [1.165, 1.54) is 19.1 Å². The van der Waals surface area contributed by atoms with Gasteiger partial charge in [0.2, 0.25) is 5.12 Å². The molecule has 10 atom stereocenters. The number of esters is 1. The largest absolute Gasteiger partial charge is 0.447 e. The van der Waals surface area contributed by atoms with Crippen LogP contribution in [-0.4, -0.2) is 57.7 Å². The van der Waals surface area contributed by atoms with E-state index < -0.39 is 74.6 Å². The predicted octanol–water partition coefficient (Wildman–Crippen LogP) is 4.25. The highest BCUT2D eigenvalue weighted by molar-refractivity contribution is 7.96. The maximum Gasteiger partial charge on any atom is 0.339 e. The summed E-state index contributed by atoms with van der Waals surface area (Å²) in [4.78, 5) is 39.0. The first-order valence-corrected chi connectivity index (χ1v) is 13.8. The third-order valence-corrected chi connectivity index (χ3v) is 11.1. The number of carbonyl (C=O) groups excluding carboxylic acids is 3. The number of thiol groups is 1. The predicted molar refractivity (Wildman–Crippen MR) is 134 cm³/mol. The van der Waals surface area contributed by atoms with Crippen LogP contribution in [0, 0.1) is 28.6 Å². The Bertz CT molecular complexity index is 1100. The highest BCUT2D eigenvalue weighted by Crippen LogP contribution is 2.72. The number of fused-ring (bicyclic) bond motifs is 5. The SMILES string of the molecule is CCC1(C(=O)O[C@]2(C(=O)S)[C@H](C)C[C@H]3[C@@H]4C[C@H](F)C5=CC(=O)C=C[C@]5(C)[C@@]4(F)[C@@H](O)C[C@@]32C)CCCO1. The number of hydrogen-bond acceptors (Lipinski definition) is 6. The lowest BCUT2D eigenvalue weighted by molar-refractivity contribution is -0.234. The first-order chi connectivity index (χ1) is 17.2. The second-order valence-electron chi connectivity index (χ2n) is 12.2. The summed E-state index contributed by atoms with van der Waals surface area (Å²) in [5.41, 5.74) is -7.86. The van der Waals surface area contributed by atoms with Crippen molar-refractivity contribution in [2.45, 2.75) is 95.4 Å². The van der Waals surface area contributed by atoms with Crippen LogP contribution in [0.15, 0.2) is 23.8 Å². The summed E-state index contributed by atoms with van der Waals surface area (Å²) in [5.74, 6) is -3.16. The van der Waals surface area contributed by atoms with Crippen LogP contribution >= 0.6 is 12.6 Å². The zero-order valence-electron chi connectivity index (χ0n) is 21.8. The third kappa shape index (κ3) is 3.19. The summed E-state index contributed by atoms with van der Waals surface area (Å²) in [5, 5.41) is 10.9. The van der Waals surface area contributed by atoms with Crippen molar-refractivity contribution in [3.05, 3.63) is 23.8 Å². The van der Waals surface area contributed by atoms with Gasteiger partial charge in [0.25, 0.3) is 0 Å². The molecule has 0 radical (unpaired) electrons. The van der Waals surface area contributed by atoms with Gasteiger partial charge in [0, 0.05) is 29.3 Å². The topological polar surface area (TPSA) is 89.9 Å². The molecule has 3 saturated carbocycles. The van der Waals surface area contributed by atoms with Crippen molar-refractivity contribution in [2.24, 2.45) is 28.6 Å². The van der Waals surface area contributed by atoms with Crippen molar-refractivity contribution in [2.75, 3.05) is 6.61 Å². The number of hydrogen-bond donors (Lipinski definition) is 2. The van der Waals surface area contributed by atoms with Crippen molar-refractivity contribution in [3.8, 4) is 0 Å². The van der Waals surface area contributed by atoms with Crippen molar-refractivity contribution in [1.82, 2.24) is 0 Å². The van der Waals surface area contributed by atoms with E-state index in [2.05, 4.69) is 12.6 Å². The summed E-state index contributed by atoms with van der Waals surface area (Å²) < 4.78 is 45.0. The Morgan fingerprint density at radius 3 is 2.57 bits per heavy atom. The molecule has 9 heteroatoms. The van der Waals surface area contributed by atoms with E-state index in [0.717, 1.165) is 6.08 Å². The van der Waals surface area contributed by atoms with Gasteiger partial charge in [-0.25, -0.2) is 13.6 Å². The molecule has 204 valence electrons. The molecular formula is C28H36F2O6S. The van der Waals surface area contributed by atoms with E-state index in [-0.39, 0.29) is 18.4 Å². The van der Waals surface area contributed by atoms with Gasteiger partial charge in [0.1, 0.15) is 6.17 Å². The van der Waals surface area contributed by atoms with Crippen LogP contribution in [0.1, 0.15) is 66.2 Å². The fraction of sp³-hybridized carbons (Fsp3) is 0.750. The second-order valence-corrected chi connectivity index (χ2v) is 12.6. The number of aliphatic hydroxyl groups is 1. The average molecular weight is 539 g/mol. The van der Waals surface area contributed by atoms with Gasteiger partial charge >= 0.3 is 5.97 Å². The summed E-state index contributed by atoms with van der Waals surface area (Å²) >= 11 is 4.21. The summed E-state index contributed by atoms with van der Waals surface area (Å²) in [7, 11) is 0. The van der Waals surface area contributed by atoms with Crippen LogP contribution in [-0.2, 0) is 23.9 Å². The highest BCUT2D eigenvalue weighted by Gasteiger charge is 2.78. The van der Waals surface area contributed by atoms with Crippen molar-refractivity contribution >= 4 is 29.5 Å². The Morgan fingerprint density at radius 2 is 1.97 bits per heavy atom. The number of ketones is 1. The molecule has 37 heavy (non-hydrogen) atoms. The number of aliphatic hydroxyl groups excluding tert-OH is 1. The molecular weight excluding hydrogens is 502 g/mol. The molecule has 0 aromatic carbocycles. The molecule has 0 aromatic rings. The lowest BCUT2D eigenvalue weighted by atomic mass is 9.44. The van der Waals surface area contributed by atoms with Gasteiger partial charge in [-0.3, -0.25) is 9.59 Å². The molecule has 1 aliphatic heterocycles. The molecule has 0 aromatic heterocycles. The number of rotatable bonds is 4. The molecule has 1 N–H and O–H groups in total. The van der Waals surface area contributed by atoms with Crippen LogP contribution in [0.25, 0.3) is 0 Å². The Morgan fingerprint density at radius 1 is 1.27 bits per heavy atom. The normalized spacial score (nSPS) is 50.6. The van der Waals surface area contributed by atoms with E-state index in [9.17, 15) is 19.5 Å². The summed E-state index contributed by atoms with van der Waals surface area (Å²) in [6, 6.07) is 0. The number of carbonyl (C=O) groups is 3. The lowest BCUT2D eigenvalue weighted by Gasteiger charge is -2.63. The molecule has 1 unspecified atom stereocenters. The minimum absolute atomic E-state index is 0.0404. The maximum absolute atomic E-state index is 17.4. The van der Waals surface area contributed by atoms with Crippen LogP contribution in [0.3, 0.4) is 0 Å². The van der Waals surface area contributed by atoms with E-state index in [0.29, 0.717) is 32.3 Å². The van der Waals surface area contributed by atoms with Gasteiger partial charge < -0.3 is 14.6 Å². The van der Waals surface area contributed by atoms with Crippen LogP contribution in [0.2, 0.25) is 0 Å². The lowest BCUT2D eigenvalue weighted by Crippen LogP contribution is -2.71. The molecule has 0 spiro atoms. The van der Waals surface area contributed by atoms with E-state index in [1.807, 2.05) is 6.92 Å². The summed E-state index contributed by atoms with van der Waals surface area (Å²) in [6.45, 7) is 7.27.